The highest BCUT2D eigenvalue weighted by Gasteiger charge is 2.10. The summed E-state index contributed by atoms with van der Waals surface area (Å²) in [4.78, 5) is 13.0. The topological polar surface area (TPSA) is 90.7 Å². The van der Waals surface area contributed by atoms with Crippen molar-refractivity contribution >= 4 is 16.5 Å². The normalized spacial score (nSPS) is 10.9. The Balaban J connectivity index is 1.60. The lowest BCUT2D eigenvalue weighted by Gasteiger charge is -1.95. The molecule has 6 nitrogen and oxygen atoms in total. The molecule has 0 spiro atoms. The minimum Gasteiger partial charge on any atom is -0.375 e. The second-order valence-corrected chi connectivity index (χ2v) is 5.60. The number of pyridine rings is 1. The third kappa shape index (κ3) is 3.43. The summed E-state index contributed by atoms with van der Waals surface area (Å²) in [6.07, 6.45) is 2.47. The van der Waals surface area contributed by atoms with Crippen molar-refractivity contribution in [2.24, 2.45) is 0 Å². The fourth-order valence-corrected chi connectivity index (χ4v) is 2.58. The molecule has 3 heterocycles. The maximum absolute atomic E-state index is 5.60. The van der Waals surface area contributed by atoms with E-state index in [0.717, 1.165) is 36.3 Å². The lowest BCUT2D eigenvalue weighted by molar-refractivity contribution is 0.376. The summed E-state index contributed by atoms with van der Waals surface area (Å²) in [7, 11) is 0. The Kier molecular flexibility index (Phi) is 3.92. The molecule has 0 saturated heterocycles. The first-order chi connectivity index (χ1) is 10.2. The van der Waals surface area contributed by atoms with E-state index in [0.29, 0.717) is 16.8 Å². The lowest BCUT2D eigenvalue weighted by Crippen LogP contribution is -1.92. The van der Waals surface area contributed by atoms with Crippen LogP contribution in [0, 0.1) is 6.92 Å². The molecule has 3 rings (SSSR count). The Hall–Kier alpha value is -2.28. The van der Waals surface area contributed by atoms with E-state index in [4.69, 9.17) is 10.3 Å². The van der Waals surface area contributed by atoms with Crippen molar-refractivity contribution in [2.75, 3.05) is 5.73 Å². The van der Waals surface area contributed by atoms with E-state index in [9.17, 15) is 0 Å². The van der Waals surface area contributed by atoms with Crippen LogP contribution in [0.4, 0.5) is 5.13 Å². The van der Waals surface area contributed by atoms with Gasteiger partial charge < -0.3 is 10.3 Å². The van der Waals surface area contributed by atoms with Gasteiger partial charge in [-0.05, 0) is 31.9 Å². The van der Waals surface area contributed by atoms with Gasteiger partial charge >= 0.3 is 0 Å². The lowest BCUT2D eigenvalue weighted by atomic mass is 10.2. The van der Waals surface area contributed by atoms with Crippen molar-refractivity contribution in [3.63, 3.8) is 0 Å². The average Bonchev–Trinajstić information content (AvgIpc) is 3.08. The molecule has 0 aliphatic heterocycles. The molecule has 0 fully saturated rings. The molecule has 21 heavy (non-hydrogen) atoms. The van der Waals surface area contributed by atoms with Crippen LogP contribution in [0.2, 0.25) is 0 Å². The van der Waals surface area contributed by atoms with Gasteiger partial charge in [0.05, 0.1) is 5.69 Å². The molecular formula is C14H15N5OS. The van der Waals surface area contributed by atoms with Crippen LogP contribution in [0.15, 0.2) is 28.1 Å². The van der Waals surface area contributed by atoms with E-state index >= 15 is 0 Å². The molecule has 3 aromatic heterocycles. The third-order valence-corrected chi connectivity index (χ3v) is 3.70. The van der Waals surface area contributed by atoms with Crippen molar-refractivity contribution in [1.82, 2.24) is 20.1 Å². The van der Waals surface area contributed by atoms with Crippen LogP contribution in [0.1, 0.15) is 23.7 Å². The van der Waals surface area contributed by atoms with Gasteiger partial charge in [0.2, 0.25) is 11.7 Å². The van der Waals surface area contributed by atoms with E-state index in [1.807, 2.05) is 30.5 Å². The Morgan fingerprint density at radius 2 is 2.10 bits per heavy atom. The minimum absolute atomic E-state index is 0.534. The molecule has 0 bridgehead atoms. The second kappa shape index (κ2) is 6.01. The maximum Gasteiger partial charge on any atom is 0.227 e. The highest BCUT2D eigenvalue weighted by Crippen LogP contribution is 2.16. The Morgan fingerprint density at radius 1 is 1.19 bits per heavy atom. The number of nitrogens with two attached hydrogens (primary N) is 1. The number of aryl methyl sites for hydroxylation is 3. The monoisotopic (exact) mass is 301 g/mol. The zero-order valence-electron chi connectivity index (χ0n) is 11.6. The summed E-state index contributed by atoms with van der Waals surface area (Å²) in [5, 5.41) is 6.56. The third-order valence-electron chi connectivity index (χ3n) is 2.98. The number of nitrogens with zero attached hydrogens (tertiary/aromatic N) is 4. The number of aromatic nitrogens is 4. The summed E-state index contributed by atoms with van der Waals surface area (Å²) >= 11 is 1.46. The molecule has 0 aromatic carbocycles. The summed E-state index contributed by atoms with van der Waals surface area (Å²) in [6.45, 7) is 1.93. The predicted molar refractivity (Wildman–Crippen MR) is 80.8 cm³/mol. The quantitative estimate of drug-likeness (QED) is 0.779. The van der Waals surface area contributed by atoms with Gasteiger partial charge in [0, 0.05) is 17.5 Å². The average molecular weight is 301 g/mol. The van der Waals surface area contributed by atoms with Crippen LogP contribution in [-0.2, 0) is 12.8 Å². The van der Waals surface area contributed by atoms with E-state index in [1.54, 1.807) is 0 Å². The first-order valence-electron chi connectivity index (χ1n) is 6.67. The van der Waals surface area contributed by atoms with Crippen molar-refractivity contribution < 1.29 is 4.52 Å². The number of nitrogen functional groups attached to an aromatic ring is 1. The van der Waals surface area contributed by atoms with Crippen molar-refractivity contribution in [2.45, 2.75) is 26.2 Å². The van der Waals surface area contributed by atoms with Crippen LogP contribution in [0.25, 0.3) is 11.5 Å². The second-order valence-electron chi connectivity index (χ2n) is 4.71. The maximum atomic E-state index is 5.60. The molecule has 0 aliphatic carbocycles. The van der Waals surface area contributed by atoms with E-state index in [-0.39, 0.29) is 0 Å². The number of anilines is 1. The number of hydrogen-bond donors (Lipinski definition) is 1. The number of hydrogen-bond acceptors (Lipinski definition) is 7. The summed E-state index contributed by atoms with van der Waals surface area (Å²) < 4.78 is 5.26. The number of rotatable bonds is 5. The molecule has 3 aromatic rings. The van der Waals surface area contributed by atoms with Crippen molar-refractivity contribution in [1.29, 1.82) is 0 Å². The molecule has 0 amide bonds. The SMILES string of the molecule is Cc1cccc(-c2noc(CCCc3csc(N)n3)n2)n1. The highest BCUT2D eigenvalue weighted by atomic mass is 32.1. The van der Waals surface area contributed by atoms with Gasteiger partial charge in [-0.25, -0.2) is 9.97 Å². The van der Waals surface area contributed by atoms with Crippen LogP contribution in [-0.4, -0.2) is 20.1 Å². The number of thiazole rings is 1. The van der Waals surface area contributed by atoms with Crippen molar-refractivity contribution in [3.8, 4) is 11.5 Å². The van der Waals surface area contributed by atoms with Gasteiger partial charge in [0.1, 0.15) is 5.69 Å². The van der Waals surface area contributed by atoms with Gasteiger partial charge in [-0.15, -0.1) is 11.3 Å². The molecule has 0 radical (unpaired) electrons. The Labute approximate surface area is 126 Å². The van der Waals surface area contributed by atoms with Gasteiger partial charge in [-0.1, -0.05) is 11.2 Å². The molecular weight excluding hydrogens is 286 g/mol. The van der Waals surface area contributed by atoms with E-state index in [1.165, 1.54) is 11.3 Å². The summed E-state index contributed by atoms with van der Waals surface area (Å²) in [6, 6.07) is 5.74. The van der Waals surface area contributed by atoms with Gasteiger partial charge in [0.25, 0.3) is 0 Å². The zero-order chi connectivity index (χ0) is 14.7. The van der Waals surface area contributed by atoms with Gasteiger partial charge in [-0.3, -0.25) is 0 Å². The van der Waals surface area contributed by atoms with Crippen LogP contribution in [0.3, 0.4) is 0 Å². The zero-order valence-corrected chi connectivity index (χ0v) is 12.4. The molecule has 0 saturated carbocycles. The molecule has 7 heteroatoms. The Morgan fingerprint density at radius 3 is 2.86 bits per heavy atom. The van der Waals surface area contributed by atoms with Crippen molar-refractivity contribution in [3.05, 3.63) is 40.9 Å². The van der Waals surface area contributed by atoms with Gasteiger partial charge in [-0.2, -0.15) is 4.98 Å². The fraction of sp³-hybridized carbons (Fsp3) is 0.286. The fourth-order valence-electron chi connectivity index (χ4n) is 1.99. The molecule has 108 valence electrons. The first-order valence-corrected chi connectivity index (χ1v) is 7.55. The van der Waals surface area contributed by atoms with Crippen LogP contribution < -0.4 is 5.73 Å². The molecule has 0 atom stereocenters. The largest absolute Gasteiger partial charge is 0.375 e. The van der Waals surface area contributed by atoms with Crippen LogP contribution >= 0.6 is 11.3 Å². The minimum atomic E-state index is 0.534. The van der Waals surface area contributed by atoms with E-state index in [2.05, 4.69) is 20.1 Å². The summed E-state index contributed by atoms with van der Waals surface area (Å²) in [5.41, 5.74) is 8.28. The molecule has 2 N–H and O–H groups in total. The molecule has 0 aliphatic rings. The standard InChI is InChI=1S/C14H15N5OS/c1-9-4-2-6-11(16-9)13-18-12(20-19-13)7-3-5-10-8-21-14(15)17-10/h2,4,6,8H,3,5,7H2,1H3,(H2,15,17). The van der Waals surface area contributed by atoms with E-state index < -0.39 is 0 Å². The highest BCUT2D eigenvalue weighted by molar-refractivity contribution is 7.13. The molecule has 0 unspecified atom stereocenters. The van der Waals surface area contributed by atoms with Crippen LogP contribution in [0.5, 0.6) is 0 Å². The smallest absolute Gasteiger partial charge is 0.227 e. The first kappa shape index (κ1) is 13.7. The Bertz CT molecular complexity index is 736. The predicted octanol–water partition coefficient (Wildman–Crippen LogP) is 2.65. The summed E-state index contributed by atoms with van der Waals surface area (Å²) in [5.74, 6) is 1.16. The van der Waals surface area contributed by atoms with Gasteiger partial charge in [0.15, 0.2) is 5.13 Å².